The normalized spacial score (nSPS) is 14.3. The summed E-state index contributed by atoms with van der Waals surface area (Å²) in [5.74, 6) is -1.17. The molecule has 0 heterocycles. The highest BCUT2D eigenvalue weighted by Gasteiger charge is 2.26. The Morgan fingerprint density at radius 1 is 1.09 bits per heavy atom. The second kappa shape index (κ2) is 5.92. The molecule has 23 heavy (non-hydrogen) atoms. The Hall–Kier alpha value is -2.54. The van der Waals surface area contributed by atoms with Crippen molar-refractivity contribution < 1.29 is 18.3 Å². The van der Waals surface area contributed by atoms with E-state index in [2.05, 4.69) is 10.0 Å². The van der Waals surface area contributed by atoms with Gasteiger partial charge in [-0.15, -0.1) is 0 Å². The number of nitrogens with one attached hydrogen (secondary N) is 2. The Balaban J connectivity index is 2.00. The van der Waals surface area contributed by atoms with Gasteiger partial charge >= 0.3 is 5.97 Å². The first-order valence-corrected chi connectivity index (χ1v) is 8.66. The molecule has 0 amide bonds. The molecule has 0 bridgehead atoms. The highest BCUT2D eigenvalue weighted by atomic mass is 32.2. The Morgan fingerprint density at radius 3 is 2.39 bits per heavy atom. The zero-order valence-corrected chi connectivity index (χ0v) is 13.0. The van der Waals surface area contributed by atoms with Crippen LogP contribution in [0, 0.1) is 0 Å². The first kappa shape index (κ1) is 15.4. The van der Waals surface area contributed by atoms with Crippen LogP contribution in [0.1, 0.15) is 23.2 Å². The van der Waals surface area contributed by atoms with Gasteiger partial charge in [0.1, 0.15) is 4.90 Å². The zero-order valence-electron chi connectivity index (χ0n) is 12.2. The lowest BCUT2D eigenvalue weighted by Crippen LogP contribution is -2.17. The SMILES string of the molecule is O=C(O)c1ccc(NC2CC2)c(S(=O)(=O)Nc2ccccc2)c1. The Bertz CT molecular complexity index is 830. The van der Waals surface area contributed by atoms with Crippen molar-refractivity contribution in [2.24, 2.45) is 0 Å². The van der Waals surface area contributed by atoms with Gasteiger partial charge in [0.05, 0.1) is 11.3 Å². The van der Waals surface area contributed by atoms with Gasteiger partial charge in [0.25, 0.3) is 10.0 Å². The van der Waals surface area contributed by atoms with Crippen molar-refractivity contribution in [1.82, 2.24) is 0 Å². The summed E-state index contributed by atoms with van der Waals surface area (Å²) in [5.41, 5.74) is 0.770. The summed E-state index contributed by atoms with van der Waals surface area (Å²) in [6.07, 6.45) is 1.96. The van der Waals surface area contributed by atoms with Crippen LogP contribution in [0.2, 0.25) is 0 Å². The van der Waals surface area contributed by atoms with Crippen molar-refractivity contribution in [3.05, 3.63) is 54.1 Å². The van der Waals surface area contributed by atoms with Crippen LogP contribution in [0.4, 0.5) is 11.4 Å². The smallest absolute Gasteiger partial charge is 0.335 e. The number of carboxylic acid groups (broad SMARTS) is 1. The fourth-order valence-corrected chi connectivity index (χ4v) is 3.42. The first-order valence-electron chi connectivity index (χ1n) is 7.17. The lowest BCUT2D eigenvalue weighted by Gasteiger charge is -2.14. The van der Waals surface area contributed by atoms with Crippen LogP contribution in [-0.2, 0) is 10.0 Å². The van der Waals surface area contributed by atoms with E-state index in [9.17, 15) is 13.2 Å². The van der Waals surface area contributed by atoms with Gasteiger partial charge in [-0.1, -0.05) is 18.2 Å². The molecule has 0 aromatic heterocycles. The Labute approximate surface area is 134 Å². The Morgan fingerprint density at radius 2 is 1.78 bits per heavy atom. The summed E-state index contributed by atoms with van der Waals surface area (Å²) in [6.45, 7) is 0. The third-order valence-electron chi connectivity index (χ3n) is 3.48. The molecule has 3 rings (SSSR count). The number of hydrogen-bond acceptors (Lipinski definition) is 4. The van der Waals surface area contributed by atoms with E-state index in [1.807, 2.05) is 0 Å². The molecule has 2 aromatic carbocycles. The van der Waals surface area contributed by atoms with Crippen LogP contribution in [0.5, 0.6) is 0 Å². The van der Waals surface area contributed by atoms with Gasteiger partial charge in [0.15, 0.2) is 0 Å². The van der Waals surface area contributed by atoms with Gasteiger partial charge in [0.2, 0.25) is 0 Å². The minimum atomic E-state index is -3.89. The number of benzene rings is 2. The highest BCUT2D eigenvalue weighted by Crippen LogP contribution is 2.30. The molecular formula is C16H16N2O4S. The lowest BCUT2D eigenvalue weighted by molar-refractivity contribution is 0.0696. The van der Waals surface area contributed by atoms with Crippen LogP contribution in [-0.4, -0.2) is 25.5 Å². The predicted octanol–water partition coefficient (Wildman–Crippen LogP) is 2.76. The summed E-state index contributed by atoms with van der Waals surface area (Å²) in [4.78, 5) is 11.1. The third kappa shape index (κ3) is 3.62. The molecule has 1 saturated carbocycles. The number of carboxylic acids is 1. The number of para-hydroxylation sites is 1. The van der Waals surface area contributed by atoms with Gasteiger partial charge in [0, 0.05) is 11.7 Å². The van der Waals surface area contributed by atoms with Crippen LogP contribution in [0.15, 0.2) is 53.4 Å². The molecule has 7 heteroatoms. The van der Waals surface area contributed by atoms with Crippen LogP contribution < -0.4 is 10.0 Å². The molecule has 1 aliphatic rings. The van der Waals surface area contributed by atoms with E-state index in [1.54, 1.807) is 30.3 Å². The van der Waals surface area contributed by atoms with Gasteiger partial charge in [-0.3, -0.25) is 4.72 Å². The molecule has 0 atom stereocenters. The summed E-state index contributed by atoms with van der Waals surface area (Å²) < 4.78 is 27.8. The van der Waals surface area contributed by atoms with Crippen molar-refractivity contribution in [2.45, 2.75) is 23.8 Å². The summed E-state index contributed by atoms with van der Waals surface area (Å²) in [6, 6.07) is 12.8. The maximum atomic E-state index is 12.7. The molecule has 1 aliphatic carbocycles. The molecule has 0 saturated heterocycles. The van der Waals surface area contributed by atoms with Crippen LogP contribution in [0.3, 0.4) is 0 Å². The zero-order chi connectivity index (χ0) is 16.4. The molecule has 0 spiro atoms. The standard InChI is InChI=1S/C16H16N2O4S/c19-16(20)11-6-9-14(17-12-7-8-12)15(10-11)23(21,22)18-13-4-2-1-3-5-13/h1-6,9-10,12,17-18H,7-8H2,(H,19,20). The van der Waals surface area contributed by atoms with E-state index in [0.717, 1.165) is 12.8 Å². The first-order chi connectivity index (χ1) is 11.0. The van der Waals surface area contributed by atoms with Gasteiger partial charge < -0.3 is 10.4 Å². The van der Waals surface area contributed by atoms with Gasteiger partial charge in [-0.25, -0.2) is 13.2 Å². The molecule has 0 unspecified atom stereocenters. The van der Waals surface area contributed by atoms with Crippen molar-refractivity contribution in [3.63, 3.8) is 0 Å². The van der Waals surface area contributed by atoms with Crippen LogP contribution in [0.25, 0.3) is 0 Å². The molecule has 0 radical (unpaired) electrons. The summed E-state index contributed by atoms with van der Waals surface area (Å²) >= 11 is 0. The number of hydrogen-bond donors (Lipinski definition) is 3. The largest absolute Gasteiger partial charge is 0.478 e. The summed E-state index contributed by atoms with van der Waals surface area (Å²) in [7, 11) is -3.89. The van der Waals surface area contributed by atoms with E-state index in [1.165, 1.54) is 18.2 Å². The number of aromatic carboxylic acids is 1. The van der Waals surface area contributed by atoms with Gasteiger partial charge in [-0.2, -0.15) is 0 Å². The van der Waals surface area contributed by atoms with Crippen molar-refractivity contribution in [3.8, 4) is 0 Å². The van der Waals surface area contributed by atoms with Crippen LogP contribution >= 0.6 is 0 Å². The van der Waals surface area contributed by atoms with E-state index >= 15 is 0 Å². The predicted molar refractivity (Wildman–Crippen MR) is 87.3 cm³/mol. The molecule has 3 N–H and O–H groups in total. The number of rotatable bonds is 6. The molecule has 0 aliphatic heterocycles. The second-order valence-electron chi connectivity index (χ2n) is 5.41. The van der Waals surface area contributed by atoms with E-state index in [0.29, 0.717) is 11.4 Å². The number of anilines is 2. The fraction of sp³-hybridized carbons (Fsp3) is 0.188. The average Bonchev–Trinajstić information content (AvgIpc) is 3.32. The quantitative estimate of drug-likeness (QED) is 0.756. The topological polar surface area (TPSA) is 95.5 Å². The van der Waals surface area contributed by atoms with Gasteiger partial charge in [-0.05, 0) is 43.2 Å². The molecule has 120 valence electrons. The van der Waals surface area contributed by atoms with E-state index in [4.69, 9.17) is 5.11 Å². The average molecular weight is 332 g/mol. The monoisotopic (exact) mass is 332 g/mol. The Kier molecular flexibility index (Phi) is 3.96. The lowest BCUT2D eigenvalue weighted by atomic mass is 10.2. The molecular weight excluding hydrogens is 316 g/mol. The van der Waals surface area contributed by atoms with E-state index in [-0.39, 0.29) is 16.5 Å². The molecule has 6 nitrogen and oxygen atoms in total. The minimum Gasteiger partial charge on any atom is -0.478 e. The van der Waals surface area contributed by atoms with Crippen molar-refractivity contribution >= 4 is 27.4 Å². The third-order valence-corrected chi connectivity index (χ3v) is 4.90. The fourth-order valence-electron chi connectivity index (χ4n) is 2.16. The van der Waals surface area contributed by atoms with Crippen molar-refractivity contribution in [1.29, 1.82) is 0 Å². The maximum Gasteiger partial charge on any atom is 0.335 e. The van der Waals surface area contributed by atoms with E-state index < -0.39 is 16.0 Å². The summed E-state index contributed by atoms with van der Waals surface area (Å²) in [5, 5.41) is 12.2. The molecule has 1 fully saturated rings. The minimum absolute atomic E-state index is 0.0619. The number of carbonyl (C=O) groups is 1. The second-order valence-corrected chi connectivity index (χ2v) is 7.06. The molecule has 2 aromatic rings. The number of sulfonamides is 1. The van der Waals surface area contributed by atoms with Crippen molar-refractivity contribution in [2.75, 3.05) is 10.0 Å². The highest BCUT2D eigenvalue weighted by molar-refractivity contribution is 7.92. The maximum absolute atomic E-state index is 12.7.